The highest BCUT2D eigenvalue weighted by Gasteiger charge is 2.34. The van der Waals surface area contributed by atoms with Crippen LogP contribution in [0.25, 0.3) is 22.3 Å². The lowest BCUT2D eigenvalue weighted by atomic mass is 10.0. The Hall–Kier alpha value is -3.94. The van der Waals surface area contributed by atoms with E-state index in [1.807, 2.05) is 50.4 Å². The number of imidazole rings is 1. The van der Waals surface area contributed by atoms with E-state index >= 15 is 0 Å². The number of benzene rings is 2. The predicted octanol–water partition coefficient (Wildman–Crippen LogP) is 4.34. The maximum atomic E-state index is 12.7. The summed E-state index contributed by atoms with van der Waals surface area (Å²) in [6.07, 6.45) is 3.43. The molecule has 3 heterocycles. The maximum absolute atomic E-state index is 12.7. The fraction of sp³-hybridized carbons (Fsp3) is 0.250. The molecule has 1 aliphatic heterocycles. The lowest BCUT2D eigenvalue weighted by Crippen LogP contribution is -2.53. The molecule has 8 nitrogen and oxygen atoms in total. The van der Waals surface area contributed by atoms with Crippen molar-refractivity contribution in [1.82, 2.24) is 19.9 Å². The second-order valence-electron chi connectivity index (χ2n) is 8.30. The van der Waals surface area contributed by atoms with Crippen LogP contribution in [0.2, 0.25) is 0 Å². The highest BCUT2D eigenvalue weighted by atomic mass is 16.2. The van der Waals surface area contributed by atoms with Crippen molar-refractivity contribution in [3.05, 3.63) is 55.0 Å². The average Bonchev–Trinajstić information content (AvgIpc) is 3.25. The van der Waals surface area contributed by atoms with Crippen LogP contribution in [0.5, 0.6) is 0 Å². The topological polar surface area (TPSA) is 90.0 Å². The van der Waals surface area contributed by atoms with E-state index in [2.05, 4.69) is 45.1 Å². The Bertz CT molecular complexity index is 1310. The van der Waals surface area contributed by atoms with Gasteiger partial charge in [0.2, 0.25) is 11.9 Å². The van der Waals surface area contributed by atoms with E-state index in [0.717, 1.165) is 39.4 Å². The number of carbonyl (C=O) groups is 1. The standard InChI is InChI=1S/C24H25N7O/c1-14(2)31-15(3)23(32)30(4)21-8-6-17(12-22(21)31)28-24-25-10-9-18(29-24)16-5-7-19-20(11-16)27-13-26-19/h5-15H,1-4H3,(H,26,27)(H,25,28,29). The van der Waals surface area contributed by atoms with Gasteiger partial charge >= 0.3 is 0 Å². The van der Waals surface area contributed by atoms with Crippen LogP contribution in [0.4, 0.5) is 23.0 Å². The van der Waals surface area contributed by atoms with Crippen molar-refractivity contribution >= 4 is 40.0 Å². The number of nitrogens with zero attached hydrogens (tertiary/aromatic N) is 5. The summed E-state index contributed by atoms with van der Waals surface area (Å²) in [6.45, 7) is 6.15. The van der Waals surface area contributed by atoms with Gasteiger partial charge in [-0.05, 0) is 57.2 Å². The van der Waals surface area contributed by atoms with Crippen LogP contribution in [0, 0.1) is 0 Å². The van der Waals surface area contributed by atoms with Crippen molar-refractivity contribution in [2.75, 3.05) is 22.2 Å². The van der Waals surface area contributed by atoms with Gasteiger partial charge in [0.25, 0.3) is 0 Å². The molecule has 0 spiro atoms. The number of anilines is 4. The Morgan fingerprint density at radius 1 is 1.06 bits per heavy atom. The summed E-state index contributed by atoms with van der Waals surface area (Å²) in [5.41, 5.74) is 6.47. The summed E-state index contributed by atoms with van der Waals surface area (Å²) in [5, 5.41) is 3.32. The van der Waals surface area contributed by atoms with E-state index < -0.39 is 0 Å². The number of rotatable bonds is 4. The first kappa shape index (κ1) is 20.0. The van der Waals surface area contributed by atoms with Crippen molar-refractivity contribution in [3.8, 4) is 11.3 Å². The molecule has 0 saturated heterocycles. The third-order valence-electron chi connectivity index (χ3n) is 5.90. The highest BCUT2D eigenvalue weighted by molar-refractivity contribution is 6.05. The molecule has 2 aromatic heterocycles. The Balaban J connectivity index is 1.47. The van der Waals surface area contributed by atoms with E-state index in [0.29, 0.717) is 5.95 Å². The molecule has 32 heavy (non-hydrogen) atoms. The summed E-state index contributed by atoms with van der Waals surface area (Å²) in [5.74, 6) is 0.605. The van der Waals surface area contributed by atoms with Crippen molar-refractivity contribution in [3.63, 3.8) is 0 Å². The van der Waals surface area contributed by atoms with Crippen LogP contribution < -0.4 is 15.1 Å². The molecule has 1 aliphatic rings. The number of H-pyrrole nitrogens is 1. The number of nitrogens with one attached hydrogen (secondary N) is 2. The van der Waals surface area contributed by atoms with Crippen LogP contribution in [-0.4, -0.2) is 45.0 Å². The zero-order valence-electron chi connectivity index (χ0n) is 18.5. The molecular weight excluding hydrogens is 402 g/mol. The SMILES string of the molecule is CC(C)N1c2cc(Nc3nccc(-c4ccc5nc[nH]c5c4)n3)ccc2N(C)C(=O)C1C. The lowest BCUT2D eigenvalue weighted by molar-refractivity contribution is -0.119. The minimum Gasteiger partial charge on any atom is -0.356 e. The summed E-state index contributed by atoms with van der Waals surface area (Å²) in [4.78, 5) is 33.0. The number of hydrogen-bond donors (Lipinski definition) is 2. The number of fused-ring (bicyclic) bond motifs is 2. The molecule has 1 amide bonds. The molecule has 2 aromatic carbocycles. The minimum atomic E-state index is -0.222. The molecule has 1 atom stereocenters. The van der Waals surface area contributed by atoms with Crippen LogP contribution in [0.1, 0.15) is 20.8 Å². The van der Waals surface area contributed by atoms with Gasteiger partial charge < -0.3 is 20.1 Å². The maximum Gasteiger partial charge on any atom is 0.249 e. The Morgan fingerprint density at radius 3 is 2.72 bits per heavy atom. The zero-order valence-corrected chi connectivity index (χ0v) is 18.5. The molecule has 4 aromatic rings. The molecule has 0 bridgehead atoms. The molecule has 1 unspecified atom stereocenters. The normalized spacial score (nSPS) is 16.0. The molecule has 162 valence electrons. The van der Waals surface area contributed by atoms with Gasteiger partial charge in [-0.1, -0.05) is 6.07 Å². The third-order valence-corrected chi connectivity index (χ3v) is 5.90. The van der Waals surface area contributed by atoms with Crippen molar-refractivity contribution < 1.29 is 4.79 Å². The second-order valence-corrected chi connectivity index (χ2v) is 8.30. The number of aromatic nitrogens is 4. The molecule has 0 radical (unpaired) electrons. The van der Waals surface area contributed by atoms with Crippen molar-refractivity contribution in [1.29, 1.82) is 0 Å². The molecule has 0 fully saturated rings. The first-order valence-electron chi connectivity index (χ1n) is 10.7. The fourth-order valence-electron chi connectivity index (χ4n) is 4.35. The Kier molecular flexibility index (Phi) is 4.77. The lowest BCUT2D eigenvalue weighted by Gasteiger charge is -2.42. The zero-order chi connectivity index (χ0) is 22.4. The smallest absolute Gasteiger partial charge is 0.249 e. The minimum absolute atomic E-state index is 0.0946. The Labute approximate surface area is 186 Å². The van der Waals surface area contributed by atoms with Crippen LogP contribution in [0.15, 0.2) is 55.0 Å². The van der Waals surface area contributed by atoms with Crippen molar-refractivity contribution in [2.24, 2.45) is 0 Å². The summed E-state index contributed by atoms with van der Waals surface area (Å²) in [7, 11) is 1.82. The molecule has 2 N–H and O–H groups in total. The van der Waals surface area contributed by atoms with Gasteiger partial charge in [0.15, 0.2) is 0 Å². The van der Waals surface area contributed by atoms with Gasteiger partial charge in [-0.2, -0.15) is 0 Å². The number of aromatic amines is 1. The number of amides is 1. The third kappa shape index (κ3) is 3.33. The largest absolute Gasteiger partial charge is 0.356 e. The predicted molar refractivity (Wildman–Crippen MR) is 127 cm³/mol. The van der Waals surface area contributed by atoms with Gasteiger partial charge in [-0.3, -0.25) is 4.79 Å². The van der Waals surface area contributed by atoms with Crippen molar-refractivity contribution in [2.45, 2.75) is 32.9 Å². The monoisotopic (exact) mass is 427 g/mol. The number of hydrogen-bond acceptors (Lipinski definition) is 6. The summed E-state index contributed by atoms with van der Waals surface area (Å²) < 4.78 is 0. The van der Waals surface area contributed by atoms with Gasteiger partial charge in [0, 0.05) is 30.5 Å². The molecule has 8 heteroatoms. The first-order chi connectivity index (χ1) is 15.4. The number of likely N-dealkylation sites (N-methyl/N-ethyl adjacent to an activating group) is 1. The summed E-state index contributed by atoms with van der Waals surface area (Å²) in [6, 6.07) is 13.8. The quantitative estimate of drug-likeness (QED) is 0.503. The molecule has 5 rings (SSSR count). The van der Waals surface area contributed by atoms with Gasteiger partial charge in [-0.25, -0.2) is 15.0 Å². The average molecular weight is 428 g/mol. The van der Waals surface area contributed by atoms with Crippen LogP contribution >= 0.6 is 0 Å². The van der Waals surface area contributed by atoms with E-state index in [9.17, 15) is 4.79 Å². The second kappa shape index (κ2) is 7.64. The molecule has 0 saturated carbocycles. The number of carbonyl (C=O) groups excluding carboxylic acids is 1. The Morgan fingerprint density at radius 2 is 1.91 bits per heavy atom. The van der Waals surface area contributed by atoms with Gasteiger partial charge in [-0.15, -0.1) is 0 Å². The van der Waals surface area contributed by atoms with E-state index in [1.165, 1.54) is 0 Å². The van der Waals surface area contributed by atoms with Crippen LogP contribution in [-0.2, 0) is 4.79 Å². The molecular formula is C24H25N7O. The summed E-state index contributed by atoms with van der Waals surface area (Å²) >= 11 is 0. The highest BCUT2D eigenvalue weighted by Crippen LogP contribution is 2.39. The van der Waals surface area contributed by atoms with E-state index in [-0.39, 0.29) is 18.0 Å². The fourth-order valence-corrected chi connectivity index (χ4v) is 4.35. The van der Waals surface area contributed by atoms with Gasteiger partial charge in [0.1, 0.15) is 6.04 Å². The van der Waals surface area contributed by atoms with E-state index in [1.54, 1.807) is 17.4 Å². The van der Waals surface area contributed by atoms with Crippen LogP contribution in [0.3, 0.4) is 0 Å². The molecule has 0 aliphatic carbocycles. The van der Waals surface area contributed by atoms with E-state index in [4.69, 9.17) is 4.98 Å². The first-order valence-corrected chi connectivity index (χ1v) is 10.7. The van der Waals surface area contributed by atoms with Gasteiger partial charge in [0.05, 0.1) is 34.4 Å².